The van der Waals surface area contributed by atoms with E-state index in [1.165, 1.54) is 6.07 Å². The molecule has 0 saturated heterocycles. The minimum absolute atomic E-state index is 0.0436. The highest BCUT2D eigenvalue weighted by Gasteiger charge is 2.33. The Balaban J connectivity index is 3.32. The lowest BCUT2D eigenvalue weighted by Crippen LogP contribution is -2.10. The molecule has 2 N–H and O–H groups in total. The standard InChI is InChI=1S/C10H11ClF3N/c1-5(2)6-3-9(15)7(4-8(6)11)10(12,13)14/h3-5H,15H2,1-2H3. The van der Waals surface area contributed by atoms with E-state index in [4.69, 9.17) is 17.3 Å². The predicted molar refractivity (Wildman–Crippen MR) is 55.0 cm³/mol. The second-order valence-electron chi connectivity index (χ2n) is 3.61. The Labute approximate surface area is 91.0 Å². The number of benzene rings is 1. The van der Waals surface area contributed by atoms with Gasteiger partial charge in [0, 0.05) is 10.7 Å². The van der Waals surface area contributed by atoms with Crippen molar-refractivity contribution in [1.29, 1.82) is 0 Å². The molecular formula is C10H11ClF3N. The molecule has 0 saturated carbocycles. The molecule has 0 aliphatic carbocycles. The van der Waals surface area contributed by atoms with E-state index >= 15 is 0 Å². The molecule has 0 fully saturated rings. The number of alkyl halides is 3. The molecule has 0 unspecified atom stereocenters. The van der Waals surface area contributed by atoms with Gasteiger partial charge in [-0.3, -0.25) is 0 Å². The lowest BCUT2D eigenvalue weighted by atomic mass is 10.00. The van der Waals surface area contributed by atoms with Crippen LogP contribution in [0.2, 0.25) is 5.02 Å². The summed E-state index contributed by atoms with van der Waals surface area (Å²) < 4.78 is 37.3. The first-order chi connectivity index (χ1) is 6.73. The number of halogens is 4. The van der Waals surface area contributed by atoms with Crippen molar-refractivity contribution < 1.29 is 13.2 Å². The molecule has 0 radical (unpaired) electrons. The maximum atomic E-state index is 12.4. The SMILES string of the molecule is CC(C)c1cc(N)c(C(F)(F)F)cc1Cl. The lowest BCUT2D eigenvalue weighted by Gasteiger charge is -2.14. The van der Waals surface area contributed by atoms with Crippen LogP contribution in [0.4, 0.5) is 18.9 Å². The molecule has 0 amide bonds. The third-order valence-electron chi connectivity index (χ3n) is 2.10. The molecule has 0 heterocycles. The molecule has 15 heavy (non-hydrogen) atoms. The second-order valence-corrected chi connectivity index (χ2v) is 4.02. The van der Waals surface area contributed by atoms with Crippen LogP contribution in [0.25, 0.3) is 0 Å². The summed E-state index contributed by atoms with van der Waals surface area (Å²) in [5.41, 5.74) is 4.80. The molecule has 1 rings (SSSR count). The van der Waals surface area contributed by atoms with E-state index in [0.717, 1.165) is 6.07 Å². The van der Waals surface area contributed by atoms with Gasteiger partial charge >= 0.3 is 6.18 Å². The average molecular weight is 238 g/mol. The quantitative estimate of drug-likeness (QED) is 0.733. The molecule has 1 aromatic carbocycles. The van der Waals surface area contributed by atoms with Gasteiger partial charge in [0.15, 0.2) is 0 Å². The molecule has 0 aromatic heterocycles. The van der Waals surface area contributed by atoms with Gasteiger partial charge in [0.2, 0.25) is 0 Å². The Morgan fingerprint density at radius 3 is 2.20 bits per heavy atom. The summed E-state index contributed by atoms with van der Waals surface area (Å²) in [6.07, 6.45) is -4.46. The number of nitrogen functional groups attached to an aromatic ring is 1. The van der Waals surface area contributed by atoms with Crippen LogP contribution in [0, 0.1) is 0 Å². The normalized spacial score (nSPS) is 12.2. The lowest BCUT2D eigenvalue weighted by molar-refractivity contribution is -0.136. The highest BCUT2D eigenvalue weighted by Crippen LogP contribution is 2.38. The van der Waals surface area contributed by atoms with Crippen LogP contribution in [0.3, 0.4) is 0 Å². The Morgan fingerprint density at radius 2 is 1.80 bits per heavy atom. The van der Waals surface area contributed by atoms with Gasteiger partial charge in [-0.2, -0.15) is 13.2 Å². The van der Waals surface area contributed by atoms with Crippen molar-refractivity contribution in [3.63, 3.8) is 0 Å². The number of anilines is 1. The monoisotopic (exact) mass is 237 g/mol. The highest BCUT2D eigenvalue weighted by molar-refractivity contribution is 6.31. The van der Waals surface area contributed by atoms with Crippen molar-refractivity contribution in [1.82, 2.24) is 0 Å². The minimum atomic E-state index is -4.46. The zero-order valence-corrected chi connectivity index (χ0v) is 9.08. The van der Waals surface area contributed by atoms with Gasteiger partial charge in [-0.05, 0) is 23.6 Å². The van der Waals surface area contributed by atoms with E-state index in [9.17, 15) is 13.2 Å². The fourth-order valence-corrected chi connectivity index (χ4v) is 1.68. The number of nitrogens with two attached hydrogens (primary N) is 1. The van der Waals surface area contributed by atoms with Crippen LogP contribution in [0.15, 0.2) is 12.1 Å². The molecule has 1 aromatic rings. The Hall–Kier alpha value is -0.900. The maximum Gasteiger partial charge on any atom is 0.418 e. The molecule has 0 bridgehead atoms. The van der Waals surface area contributed by atoms with E-state index in [0.29, 0.717) is 5.56 Å². The van der Waals surface area contributed by atoms with E-state index in [-0.39, 0.29) is 16.6 Å². The van der Waals surface area contributed by atoms with Crippen molar-refractivity contribution in [2.24, 2.45) is 0 Å². The summed E-state index contributed by atoms with van der Waals surface area (Å²) in [5, 5.41) is 0.103. The van der Waals surface area contributed by atoms with Crippen molar-refractivity contribution in [2.45, 2.75) is 25.9 Å². The summed E-state index contributed by atoms with van der Waals surface area (Å²) in [6.45, 7) is 3.68. The molecule has 0 spiro atoms. The van der Waals surface area contributed by atoms with Gasteiger partial charge in [-0.1, -0.05) is 25.4 Å². The molecule has 5 heteroatoms. The van der Waals surface area contributed by atoms with Crippen LogP contribution in [-0.4, -0.2) is 0 Å². The second kappa shape index (κ2) is 3.93. The van der Waals surface area contributed by atoms with Gasteiger partial charge in [-0.25, -0.2) is 0 Å². The maximum absolute atomic E-state index is 12.4. The molecule has 0 aliphatic rings. The largest absolute Gasteiger partial charge is 0.418 e. The number of hydrogen-bond acceptors (Lipinski definition) is 1. The van der Waals surface area contributed by atoms with Crippen molar-refractivity contribution in [3.8, 4) is 0 Å². The first-order valence-corrected chi connectivity index (χ1v) is 4.77. The van der Waals surface area contributed by atoms with Gasteiger partial charge in [0.05, 0.1) is 5.56 Å². The van der Waals surface area contributed by atoms with Crippen molar-refractivity contribution in [2.75, 3.05) is 5.73 Å². The van der Waals surface area contributed by atoms with Gasteiger partial charge in [0.25, 0.3) is 0 Å². The molecule has 84 valence electrons. The zero-order valence-electron chi connectivity index (χ0n) is 8.32. The minimum Gasteiger partial charge on any atom is -0.398 e. The number of rotatable bonds is 1. The first-order valence-electron chi connectivity index (χ1n) is 4.39. The molecule has 1 nitrogen and oxygen atoms in total. The summed E-state index contributed by atoms with van der Waals surface area (Å²) >= 11 is 5.75. The van der Waals surface area contributed by atoms with Crippen LogP contribution < -0.4 is 5.73 Å². The summed E-state index contributed by atoms with van der Waals surface area (Å²) in [5.74, 6) is 0.0436. The topological polar surface area (TPSA) is 26.0 Å². The van der Waals surface area contributed by atoms with E-state index in [2.05, 4.69) is 0 Å². The van der Waals surface area contributed by atoms with Gasteiger partial charge < -0.3 is 5.73 Å². The molecular weight excluding hydrogens is 227 g/mol. The van der Waals surface area contributed by atoms with Crippen molar-refractivity contribution in [3.05, 3.63) is 28.3 Å². The van der Waals surface area contributed by atoms with Crippen LogP contribution >= 0.6 is 11.6 Å². The van der Waals surface area contributed by atoms with E-state index < -0.39 is 11.7 Å². The van der Waals surface area contributed by atoms with Gasteiger partial charge in [-0.15, -0.1) is 0 Å². The van der Waals surface area contributed by atoms with Crippen molar-refractivity contribution >= 4 is 17.3 Å². The zero-order chi connectivity index (χ0) is 11.8. The summed E-state index contributed by atoms with van der Waals surface area (Å²) in [4.78, 5) is 0. The summed E-state index contributed by atoms with van der Waals surface area (Å²) in [6, 6.07) is 2.17. The average Bonchev–Trinajstić information content (AvgIpc) is 2.06. The molecule has 0 atom stereocenters. The Morgan fingerprint density at radius 1 is 1.27 bits per heavy atom. The molecule has 0 aliphatic heterocycles. The van der Waals surface area contributed by atoms with E-state index in [1.807, 2.05) is 13.8 Å². The predicted octanol–water partition coefficient (Wildman–Crippen LogP) is 4.06. The Kier molecular flexibility index (Phi) is 3.19. The fourth-order valence-electron chi connectivity index (χ4n) is 1.30. The third kappa shape index (κ3) is 2.56. The highest BCUT2D eigenvalue weighted by atomic mass is 35.5. The van der Waals surface area contributed by atoms with Crippen LogP contribution in [0.5, 0.6) is 0 Å². The Bertz CT molecular complexity index is 372. The van der Waals surface area contributed by atoms with E-state index in [1.54, 1.807) is 0 Å². The first kappa shape index (κ1) is 12.2. The number of hydrogen-bond donors (Lipinski definition) is 1. The summed E-state index contributed by atoms with van der Waals surface area (Å²) in [7, 11) is 0. The smallest absolute Gasteiger partial charge is 0.398 e. The van der Waals surface area contributed by atoms with Crippen LogP contribution in [0.1, 0.15) is 30.9 Å². The third-order valence-corrected chi connectivity index (χ3v) is 2.42. The van der Waals surface area contributed by atoms with Crippen LogP contribution in [-0.2, 0) is 6.18 Å². The van der Waals surface area contributed by atoms with Gasteiger partial charge in [0.1, 0.15) is 0 Å². The fraction of sp³-hybridized carbons (Fsp3) is 0.400.